The number of halogens is 1. The van der Waals surface area contributed by atoms with Crippen LogP contribution in [0, 0.1) is 0 Å². The Bertz CT molecular complexity index is 176. The molecule has 0 amide bonds. The van der Waals surface area contributed by atoms with E-state index in [1.165, 1.54) is 0 Å². The average Bonchev–Trinajstić information content (AvgIpc) is 1.95. The summed E-state index contributed by atoms with van der Waals surface area (Å²) in [5.41, 5.74) is 0.654. The van der Waals surface area contributed by atoms with E-state index in [1.54, 1.807) is 0 Å². The molecule has 0 bridgehead atoms. The fraction of sp³-hybridized carbons (Fsp3) is 0.429. The molecule has 0 saturated heterocycles. The lowest BCUT2D eigenvalue weighted by molar-refractivity contribution is 0.308. The van der Waals surface area contributed by atoms with Gasteiger partial charge in [0.05, 0.1) is 6.61 Å². The van der Waals surface area contributed by atoms with Crippen LogP contribution in [-0.4, -0.2) is 29.2 Å². The van der Waals surface area contributed by atoms with Gasteiger partial charge in [0.25, 0.3) is 0 Å². The molecule has 1 aliphatic rings. The molecule has 1 atom stereocenters. The second-order valence-electron chi connectivity index (χ2n) is 2.24. The Labute approximate surface area is 65.4 Å². The first kappa shape index (κ1) is 7.63. The molecular weight excluding hydrogens is 150 g/mol. The van der Waals surface area contributed by atoms with E-state index in [2.05, 4.69) is 0 Å². The lowest BCUT2D eigenvalue weighted by Gasteiger charge is -2.25. The summed E-state index contributed by atoms with van der Waals surface area (Å²) in [5.74, 6) is 0. The maximum absolute atomic E-state index is 8.77. The number of nitrogens with zero attached hydrogens (tertiary/aromatic N) is 1. The predicted molar refractivity (Wildman–Crippen MR) is 41.7 cm³/mol. The molecule has 1 rings (SSSR count). The van der Waals surface area contributed by atoms with Crippen LogP contribution in [0.15, 0.2) is 23.9 Å². The second-order valence-corrected chi connectivity index (χ2v) is 2.66. The Balaban J connectivity index is 2.71. The number of aliphatic hydroxyl groups excluding tert-OH is 1. The first-order chi connectivity index (χ1) is 4.75. The van der Waals surface area contributed by atoms with E-state index >= 15 is 0 Å². The SMILES string of the molecule is CN1C=CC=C(CO)C1Cl. The molecule has 1 N–H and O–H groups in total. The van der Waals surface area contributed by atoms with Gasteiger partial charge in [-0.25, -0.2) is 0 Å². The third kappa shape index (κ3) is 1.33. The molecule has 0 aliphatic carbocycles. The first-order valence-corrected chi connectivity index (χ1v) is 3.53. The van der Waals surface area contributed by atoms with E-state index in [1.807, 2.05) is 30.3 Å². The molecule has 1 unspecified atom stereocenters. The van der Waals surface area contributed by atoms with Crippen LogP contribution in [0.4, 0.5) is 0 Å². The highest BCUT2D eigenvalue weighted by molar-refractivity contribution is 6.22. The monoisotopic (exact) mass is 159 g/mol. The summed E-state index contributed by atoms with van der Waals surface area (Å²) >= 11 is 5.88. The Morgan fingerprint density at radius 3 is 3.00 bits per heavy atom. The molecule has 0 saturated carbocycles. The van der Waals surface area contributed by atoms with Gasteiger partial charge in [-0.2, -0.15) is 0 Å². The summed E-state index contributed by atoms with van der Waals surface area (Å²) in [5, 5.41) is 8.77. The van der Waals surface area contributed by atoms with Crippen LogP contribution in [0.1, 0.15) is 0 Å². The van der Waals surface area contributed by atoms with Gasteiger partial charge in [0.2, 0.25) is 0 Å². The molecule has 2 nitrogen and oxygen atoms in total. The number of likely N-dealkylation sites (N-methyl/N-ethyl adjacent to an activating group) is 1. The highest BCUT2D eigenvalue weighted by atomic mass is 35.5. The van der Waals surface area contributed by atoms with Crippen molar-refractivity contribution < 1.29 is 5.11 Å². The Kier molecular flexibility index (Phi) is 2.35. The van der Waals surface area contributed by atoms with Gasteiger partial charge < -0.3 is 10.0 Å². The molecular formula is C7H10ClNO. The van der Waals surface area contributed by atoms with Crippen molar-refractivity contribution in [3.63, 3.8) is 0 Å². The highest BCUT2D eigenvalue weighted by Gasteiger charge is 2.14. The van der Waals surface area contributed by atoms with E-state index in [0.717, 1.165) is 5.57 Å². The number of hydrogen-bond acceptors (Lipinski definition) is 2. The van der Waals surface area contributed by atoms with E-state index in [-0.39, 0.29) is 12.1 Å². The van der Waals surface area contributed by atoms with Gasteiger partial charge >= 0.3 is 0 Å². The van der Waals surface area contributed by atoms with Crippen molar-refractivity contribution in [2.45, 2.75) is 5.50 Å². The topological polar surface area (TPSA) is 23.5 Å². The van der Waals surface area contributed by atoms with Crippen LogP contribution < -0.4 is 0 Å². The van der Waals surface area contributed by atoms with Crippen molar-refractivity contribution in [3.8, 4) is 0 Å². The number of hydrogen-bond donors (Lipinski definition) is 1. The summed E-state index contributed by atoms with van der Waals surface area (Å²) < 4.78 is 0. The van der Waals surface area contributed by atoms with Crippen LogP contribution in [0.3, 0.4) is 0 Å². The van der Waals surface area contributed by atoms with Crippen LogP contribution in [-0.2, 0) is 0 Å². The molecule has 1 aliphatic heterocycles. The van der Waals surface area contributed by atoms with Crippen molar-refractivity contribution in [1.82, 2.24) is 4.90 Å². The van der Waals surface area contributed by atoms with E-state index in [9.17, 15) is 0 Å². The van der Waals surface area contributed by atoms with Crippen LogP contribution in [0.25, 0.3) is 0 Å². The Morgan fingerprint density at radius 1 is 1.80 bits per heavy atom. The number of aliphatic hydroxyl groups is 1. The molecule has 0 spiro atoms. The zero-order valence-electron chi connectivity index (χ0n) is 5.79. The molecule has 0 radical (unpaired) electrons. The minimum Gasteiger partial charge on any atom is -0.392 e. The van der Waals surface area contributed by atoms with Gasteiger partial charge in [0.1, 0.15) is 5.50 Å². The maximum atomic E-state index is 8.77. The largest absolute Gasteiger partial charge is 0.392 e. The summed E-state index contributed by atoms with van der Waals surface area (Å²) in [6, 6.07) is 0. The molecule has 0 aromatic carbocycles. The van der Waals surface area contributed by atoms with Gasteiger partial charge in [-0.3, -0.25) is 0 Å². The molecule has 0 fully saturated rings. The van der Waals surface area contributed by atoms with Crippen LogP contribution in [0.5, 0.6) is 0 Å². The third-order valence-electron chi connectivity index (χ3n) is 1.48. The zero-order valence-corrected chi connectivity index (χ0v) is 6.54. The summed E-state index contributed by atoms with van der Waals surface area (Å²) in [6.07, 6.45) is 5.57. The lowest BCUT2D eigenvalue weighted by atomic mass is 10.2. The molecule has 1 heterocycles. The average molecular weight is 160 g/mol. The fourth-order valence-corrected chi connectivity index (χ4v) is 1.05. The molecule has 3 heteroatoms. The minimum absolute atomic E-state index is 0.0306. The van der Waals surface area contributed by atoms with Gasteiger partial charge in [-0.15, -0.1) is 0 Å². The van der Waals surface area contributed by atoms with E-state index in [0.29, 0.717) is 0 Å². The number of alkyl halides is 1. The predicted octanol–water partition coefficient (Wildman–Crippen LogP) is 0.929. The van der Waals surface area contributed by atoms with E-state index in [4.69, 9.17) is 16.7 Å². The van der Waals surface area contributed by atoms with E-state index < -0.39 is 0 Å². The summed E-state index contributed by atoms with van der Waals surface area (Å²) in [7, 11) is 1.87. The Hall–Kier alpha value is -0.470. The quantitative estimate of drug-likeness (QED) is 0.455. The number of rotatable bonds is 1. The molecule has 10 heavy (non-hydrogen) atoms. The smallest absolute Gasteiger partial charge is 0.127 e. The van der Waals surface area contributed by atoms with Gasteiger partial charge in [0.15, 0.2) is 0 Å². The lowest BCUT2D eigenvalue weighted by Crippen LogP contribution is -2.26. The van der Waals surface area contributed by atoms with Crippen LogP contribution in [0.2, 0.25) is 0 Å². The van der Waals surface area contributed by atoms with Crippen molar-refractivity contribution in [1.29, 1.82) is 0 Å². The second kappa shape index (κ2) is 3.08. The minimum atomic E-state index is -0.185. The molecule has 0 aromatic heterocycles. The van der Waals surface area contributed by atoms with Crippen molar-refractivity contribution in [2.24, 2.45) is 0 Å². The van der Waals surface area contributed by atoms with Gasteiger partial charge in [-0.05, 0) is 11.6 Å². The highest BCUT2D eigenvalue weighted by Crippen LogP contribution is 2.17. The summed E-state index contributed by atoms with van der Waals surface area (Å²) in [4.78, 5) is 1.84. The van der Waals surface area contributed by atoms with Crippen molar-refractivity contribution in [2.75, 3.05) is 13.7 Å². The third-order valence-corrected chi connectivity index (χ3v) is 2.07. The van der Waals surface area contributed by atoms with Gasteiger partial charge in [-0.1, -0.05) is 17.7 Å². The Morgan fingerprint density at radius 2 is 2.50 bits per heavy atom. The first-order valence-electron chi connectivity index (χ1n) is 3.10. The number of allylic oxidation sites excluding steroid dienone is 2. The van der Waals surface area contributed by atoms with Crippen molar-refractivity contribution in [3.05, 3.63) is 23.9 Å². The standard InChI is InChI=1S/C7H10ClNO/c1-9-4-2-3-6(5-10)7(9)8/h2-4,7,10H,5H2,1H3. The normalized spacial score (nSPS) is 24.9. The fourth-order valence-electron chi connectivity index (χ4n) is 0.847. The molecule has 56 valence electrons. The molecule has 0 aromatic rings. The van der Waals surface area contributed by atoms with Crippen LogP contribution >= 0.6 is 11.6 Å². The summed E-state index contributed by atoms with van der Waals surface area (Å²) in [6.45, 7) is 0.0306. The maximum Gasteiger partial charge on any atom is 0.127 e. The zero-order chi connectivity index (χ0) is 7.56. The van der Waals surface area contributed by atoms with Gasteiger partial charge in [0, 0.05) is 13.2 Å². The van der Waals surface area contributed by atoms with Crippen molar-refractivity contribution >= 4 is 11.6 Å².